The van der Waals surface area contributed by atoms with Crippen LogP contribution in [0.5, 0.6) is 0 Å². The van der Waals surface area contributed by atoms with Gasteiger partial charge < -0.3 is 15.6 Å². The monoisotopic (exact) mass is 404 g/mol. The fourth-order valence-electron chi connectivity index (χ4n) is 3.27. The van der Waals surface area contributed by atoms with E-state index < -0.39 is 35.9 Å². The normalized spacial score (nSPS) is 33.4. The van der Waals surface area contributed by atoms with Gasteiger partial charge in [-0.05, 0) is 12.3 Å². The summed E-state index contributed by atoms with van der Waals surface area (Å²) in [6.45, 7) is 0. The zero-order chi connectivity index (χ0) is 17.5. The number of allylic oxidation sites excluding steroid dienone is 4. The van der Waals surface area contributed by atoms with E-state index >= 15 is 0 Å². The number of hydrazone groups is 1. The van der Waals surface area contributed by atoms with Crippen molar-refractivity contribution < 1.29 is 23.4 Å². The van der Waals surface area contributed by atoms with Gasteiger partial charge in [0.2, 0.25) is 0 Å². The maximum Gasteiger partial charge on any atom is 0.431 e. The van der Waals surface area contributed by atoms with Crippen molar-refractivity contribution in [2.24, 2.45) is 16.9 Å². The summed E-state index contributed by atoms with van der Waals surface area (Å²) in [6.07, 6.45) is 3.27. The average molecular weight is 405 g/mol. The first-order valence-electron chi connectivity index (χ1n) is 7.50. The molecule has 0 fully saturated rings. The van der Waals surface area contributed by atoms with Gasteiger partial charge in [0.05, 0.1) is 12.1 Å². The molecule has 0 bridgehead atoms. The number of halogens is 4. The van der Waals surface area contributed by atoms with Gasteiger partial charge in [0.25, 0.3) is 0 Å². The lowest BCUT2D eigenvalue weighted by Gasteiger charge is -2.30. The number of rotatable bonds is 2. The van der Waals surface area contributed by atoms with Crippen LogP contribution in [0.4, 0.5) is 13.2 Å². The molecule has 4 nitrogen and oxygen atoms in total. The number of hydrogen-bond acceptors (Lipinski definition) is 4. The zero-order valence-electron chi connectivity index (χ0n) is 12.5. The van der Waals surface area contributed by atoms with Crippen LogP contribution in [0.15, 0.2) is 51.3 Å². The van der Waals surface area contributed by atoms with Crippen molar-refractivity contribution in [2.75, 3.05) is 0 Å². The molecule has 24 heavy (non-hydrogen) atoms. The number of nitrogens with one attached hydrogen (secondary N) is 1. The first kappa shape index (κ1) is 17.3. The van der Waals surface area contributed by atoms with E-state index in [1.807, 2.05) is 6.08 Å². The lowest BCUT2D eigenvalue weighted by atomic mass is 9.76. The number of aliphatic hydroxyl groups excluding tert-OH is 2. The quantitative estimate of drug-likeness (QED) is 0.659. The van der Waals surface area contributed by atoms with Crippen molar-refractivity contribution in [2.45, 2.75) is 31.2 Å². The second-order valence-electron chi connectivity index (χ2n) is 6.01. The third-order valence-corrected chi connectivity index (χ3v) is 5.00. The molecule has 0 saturated carbocycles. The van der Waals surface area contributed by atoms with Gasteiger partial charge in [0, 0.05) is 22.4 Å². The molecule has 0 aromatic heterocycles. The Balaban J connectivity index is 1.94. The highest BCUT2D eigenvalue weighted by molar-refractivity contribution is 9.11. The van der Waals surface area contributed by atoms with Crippen molar-refractivity contribution in [3.05, 3.63) is 46.2 Å². The Morgan fingerprint density at radius 1 is 1.25 bits per heavy atom. The molecule has 4 atom stereocenters. The molecule has 130 valence electrons. The van der Waals surface area contributed by atoms with Gasteiger partial charge in [-0.1, -0.05) is 46.3 Å². The van der Waals surface area contributed by atoms with Crippen LogP contribution in [0.1, 0.15) is 12.8 Å². The van der Waals surface area contributed by atoms with Gasteiger partial charge in [-0.15, -0.1) is 0 Å². The molecular weight excluding hydrogens is 389 g/mol. The van der Waals surface area contributed by atoms with Crippen molar-refractivity contribution in [3.8, 4) is 0 Å². The fourth-order valence-corrected chi connectivity index (χ4v) is 3.61. The molecular formula is C16H16BrF3N2O2. The van der Waals surface area contributed by atoms with E-state index in [-0.39, 0.29) is 12.2 Å². The predicted molar refractivity (Wildman–Crippen MR) is 87.6 cm³/mol. The molecule has 0 spiro atoms. The Morgan fingerprint density at radius 3 is 2.58 bits per heavy atom. The van der Waals surface area contributed by atoms with Crippen molar-refractivity contribution in [3.63, 3.8) is 0 Å². The van der Waals surface area contributed by atoms with Crippen LogP contribution in [-0.2, 0) is 0 Å². The highest BCUT2D eigenvalue weighted by atomic mass is 79.9. The van der Waals surface area contributed by atoms with Crippen LogP contribution < -0.4 is 5.43 Å². The highest BCUT2D eigenvalue weighted by Crippen LogP contribution is 2.40. The summed E-state index contributed by atoms with van der Waals surface area (Å²) in [6, 6.07) is -0.787. The molecule has 0 radical (unpaired) electrons. The molecule has 2 aliphatic carbocycles. The number of aliphatic hydroxyl groups is 2. The summed E-state index contributed by atoms with van der Waals surface area (Å²) in [4.78, 5) is 0. The molecule has 1 aliphatic heterocycles. The molecule has 0 amide bonds. The third kappa shape index (κ3) is 3.30. The molecule has 8 heteroatoms. The maximum absolute atomic E-state index is 13.4. The van der Waals surface area contributed by atoms with E-state index in [1.165, 1.54) is 12.2 Å². The maximum atomic E-state index is 13.4. The molecule has 1 heterocycles. The Bertz CT molecular complexity index is 679. The van der Waals surface area contributed by atoms with Crippen LogP contribution in [-0.4, -0.2) is 34.2 Å². The minimum absolute atomic E-state index is 0.00988. The molecule has 4 unspecified atom stereocenters. The number of hydrogen-bond donors (Lipinski definition) is 3. The second-order valence-corrected chi connectivity index (χ2v) is 6.92. The lowest BCUT2D eigenvalue weighted by molar-refractivity contribution is -0.0630. The largest absolute Gasteiger partial charge is 0.512 e. The first-order chi connectivity index (χ1) is 11.3. The summed E-state index contributed by atoms with van der Waals surface area (Å²) in [5, 5.41) is 23.2. The van der Waals surface area contributed by atoms with Gasteiger partial charge in [-0.3, -0.25) is 0 Å². The molecule has 0 aromatic rings. The molecule has 3 rings (SSSR count). The van der Waals surface area contributed by atoms with Crippen LogP contribution >= 0.6 is 15.9 Å². The van der Waals surface area contributed by atoms with E-state index in [0.717, 1.165) is 4.48 Å². The molecule has 0 saturated heterocycles. The Morgan fingerprint density at radius 2 is 2.00 bits per heavy atom. The van der Waals surface area contributed by atoms with Gasteiger partial charge in [-0.25, -0.2) is 0 Å². The van der Waals surface area contributed by atoms with Gasteiger partial charge in [-0.2, -0.15) is 18.3 Å². The summed E-state index contributed by atoms with van der Waals surface area (Å²) in [5.74, 6) is -1.45. The number of alkyl halides is 3. The van der Waals surface area contributed by atoms with E-state index in [9.17, 15) is 23.4 Å². The van der Waals surface area contributed by atoms with Gasteiger partial charge in [0.15, 0.2) is 0 Å². The van der Waals surface area contributed by atoms with E-state index in [2.05, 4.69) is 26.5 Å². The topological polar surface area (TPSA) is 64.8 Å². The molecule has 3 N–H and O–H groups in total. The van der Waals surface area contributed by atoms with Crippen LogP contribution in [0, 0.1) is 11.8 Å². The fraction of sp³-hybridized carbons (Fsp3) is 0.438. The predicted octanol–water partition coefficient (Wildman–Crippen LogP) is 3.48. The second kappa shape index (κ2) is 6.40. The van der Waals surface area contributed by atoms with Crippen LogP contribution in [0.2, 0.25) is 0 Å². The van der Waals surface area contributed by atoms with Gasteiger partial charge in [0.1, 0.15) is 11.5 Å². The van der Waals surface area contributed by atoms with Crippen molar-refractivity contribution in [1.82, 2.24) is 5.43 Å². The smallest absolute Gasteiger partial charge is 0.431 e. The Kier molecular flexibility index (Phi) is 4.61. The Hall–Kier alpha value is -1.54. The highest BCUT2D eigenvalue weighted by Gasteiger charge is 2.51. The molecule has 0 aromatic carbocycles. The van der Waals surface area contributed by atoms with E-state index in [0.29, 0.717) is 12.0 Å². The van der Waals surface area contributed by atoms with Crippen molar-refractivity contribution in [1.29, 1.82) is 0 Å². The van der Waals surface area contributed by atoms with Crippen LogP contribution in [0.3, 0.4) is 0 Å². The van der Waals surface area contributed by atoms with Crippen molar-refractivity contribution >= 4 is 21.6 Å². The minimum atomic E-state index is -4.55. The SMILES string of the molecule is OC1=C(C2NN=C(C(F)(F)F)C2C2C=CC(Br)=CC2)C=CC(O)C1. The lowest BCUT2D eigenvalue weighted by Crippen LogP contribution is -2.41. The summed E-state index contributed by atoms with van der Waals surface area (Å²) < 4.78 is 41.0. The Labute approximate surface area is 145 Å². The van der Waals surface area contributed by atoms with E-state index in [1.54, 1.807) is 12.2 Å². The summed E-state index contributed by atoms with van der Waals surface area (Å²) >= 11 is 3.30. The first-order valence-corrected chi connectivity index (χ1v) is 8.29. The third-order valence-electron chi connectivity index (χ3n) is 4.41. The summed E-state index contributed by atoms with van der Waals surface area (Å²) in [7, 11) is 0. The van der Waals surface area contributed by atoms with Gasteiger partial charge >= 0.3 is 6.18 Å². The average Bonchev–Trinajstić information content (AvgIpc) is 2.93. The minimum Gasteiger partial charge on any atom is -0.512 e. The molecule has 3 aliphatic rings. The van der Waals surface area contributed by atoms with Crippen LogP contribution in [0.25, 0.3) is 0 Å². The standard InChI is InChI=1S/C16H16BrF3N2O2/c17-9-3-1-8(2-4-9)13-14(21-22-15(13)16(18,19)20)11-6-5-10(23)7-12(11)24/h1,3-6,8,10,13-14,21,23-24H,2,7H2. The zero-order valence-corrected chi connectivity index (χ0v) is 14.0. The summed E-state index contributed by atoms with van der Waals surface area (Å²) in [5.41, 5.74) is 2.01. The number of nitrogens with zero attached hydrogens (tertiary/aromatic N) is 1. The van der Waals surface area contributed by atoms with E-state index in [4.69, 9.17) is 0 Å².